The van der Waals surface area contributed by atoms with Gasteiger partial charge >= 0.3 is 5.97 Å². The molecule has 5 heteroatoms. The zero-order valence-corrected chi connectivity index (χ0v) is 8.38. The van der Waals surface area contributed by atoms with Crippen LogP contribution in [0.25, 0.3) is 10.9 Å². The van der Waals surface area contributed by atoms with Gasteiger partial charge in [0.25, 0.3) is 5.56 Å². The SMILES string of the molecule is COC(=O)c1c(C)[nH]c(=O)c2cc[nH]c12. The summed E-state index contributed by atoms with van der Waals surface area (Å²) in [4.78, 5) is 28.5. The van der Waals surface area contributed by atoms with Crippen molar-refractivity contribution in [2.45, 2.75) is 6.92 Å². The summed E-state index contributed by atoms with van der Waals surface area (Å²) in [7, 11) is 1.31. The van der Waals surface area contributed by atoms with Crippen LogP contribution in [0.4, 0.5) is 0 Å². The molecule has 0 aliphatic heterocycles. The van der Waals surface area contributed by atoms with Crippen molar-refractivity contribution in [3.63, 3.8) is 0 Å². The average molecular weight is 206 g/mol. The van der Waals surface area contributed by atoms with Gasteiger partial charge in [0, 0.05) is 11.9 Å². The van der Waals surface area contributed by atoms with E-state index in [0.29, 0.717) is 22.2 Å². The topological polar surface area (TPSA) is 75.0 Å². The second-order valence-electron chi connectivity index (χ2n) is 3.21. The number of hydrogen-bond donors (Lipinski definition) is 2. The van der Waals surface area contributed by atoms with Crippen LogP contribution in [0.2, 0.25) is 0 Å². The normalized spacial score (nSPS) is 10.5. The number of H-pyrrole nitrogens is 2. The van der Waals surface area contributed by atoms with Crippen LogP contribution in [0.5, 0.6) is 0 Å². The number of hydrogen-bond acceptors (Lipinski definition) is 3. The second-order valence-corrected chi connectivity index (χ2v) is 3.21. The first-order valence-corrected chi connectivity index (χ1v) is 4.43. The van der Waals surface area contributed by atoms with Crippen molar-refractivity contribution in [1.82, 2.24) is 9.97 Å². The molecule has 15 heavy (non-hydrogen) atoms. The van der Waals surface area contributed by atoms with Crippen molar-refractivity contribution in [2.24, 2.45) is 0 Å². The Labute approximate surface area is 85.1 Å². The fourth-order valence-corrected chi connectivity index (χ4v) is 1.61. The number of rotatable bonds is 1. The van der Waals surface area contributed by atoms with Gasteiger partial charge in [-0.3, -0.25) is 4.79 Å². The van der Waals surface area contributed by atoms with Crippen LogP contribution in [0.15, 0.2) is 17.1 Å². The molecular formula is C10H10N2O3. The lowest BCUT2D eigenvalue weighted by Gasteiger charge is -2.04. The number of esters is 1. The lowest BCUT2D eigenvalue weighted by molar-refractivity contribution is 0.0601. The predicted molar refractivity (Wildman–Crippen MR) is 55.0 cm³/mol. The quantitative estimate of drug-likeness (QED) is 0.682. The lowest BCUT2D eigenvalue weighted by Crippen LogP contribution is -2.14. The van der Waals surface area contributed by atoms with Crippen molar-refractivity contribution >= 4 is 16.9 Å². The maximum absolute atomic E-state index is 11.5. The maximum Gasteiger partial charge on any atom is 0.341 e. The largest absolute Gasteiger partial charge is 0.465 e. The maximum atomic E-state index is 11.5. The van der Waals surface area contributed by atoms with E-state index in [1.807, 2.05) is 0 Å². The van der Waals surface area contributed by atoms with Gasteiger partial charge in [-0.2, -0.15) is 0 Å². The minimum absolute atomic E-state index is 0.212. The molecule has 0 aliphatic carbocycles. The van der Waals surface area contributed by atoms with Gasteiger partial charge in [0.15, 0.2) is 0 Å². The molecule has 0 unspecified atom stereocenters. The van der Waals surface area contributed by atoms with Crippen molar-refractivity contribution in [3.8, 4) is 0 Å². The minimum atomic E-state index is -0.462. The highest BCUT2D eigenvalue weighted by atomic mass is 16.5. The molecule has 0 bridgehead atoms. The standard InChI is InChI=1S/C10H10N2O3/c1-5-7(10(14)15-2)8-6(3-4-11-8)9(13)12-5/h3-4,11H,1-2H3,(H,12,13). The first-order valence-electron chi connectivity index (χ1n) is 4.43. The molecule has 78 valence electrons. The van der Waals surface area contributed by atoms with Gasteiger partial charge in [-0.05, 0) is 13.0 Å². The van der Waals surface area contributed by atoms with Crippen LogP contribution in [0.1, 0.15) is 16.1 Å². The smallest absolute Gasteiger partial charge is 0.341 e. The first kappa shape index (κ1) is 9.51. The summed E-state index contributed by atoms with van der Waals surface area (Å²) in [5, 5.41) is 0.459. The molecule has 0 aliphatic rings. The Bertz CT molecular complexity index is 580. The number of aromatic amines is 2. The van der Waals surface area contributed by atoms with E-state index in [0.717, 1.165) is 0 Å². The Morgan fingerprint density at radius 3 is 2.87 bits per heavy atom. The minimum Gasteiger partial charge on any atom is -0.465 e. The van der Waals surface area contributed by atoms with Gasteiger partial charge in [0.05, 0.1) is 18.0 Å². The highest BCUT2D eigenvalue weighted by molar-refractivity contribution is 6.03. The number of aryl methyl sites for hydroxylation is 1. The summed E-state index contributed by atoms with van der Waals surface area (Å²) in [5.41, 5.74) is 1.18. The van der Waals surface area contributed by atoms with Gasteiger partial charge in [0.2, 0.25) is 0 Å². The van der Waals surface area contributed by atoms with Gasteiger partial charge in [0.1, 0.15) is 5.56 Å². The summed E-state index contributed by atoms with van der Waals surface area (Å²) in [5.74, 6) is -0.462. The zero-order chi connectivity index (χ0) is 11.0. The molecule has 0 spiro atoms. The van der Waals surface area contributed by atoms with E-state index in [1.165, 1.54) is 7.11 Å². The Hall–Kier alpha value is -2.04. The number of methoxy groups -OCH3 is 1. The number of pyridine rings is 1. The summed E-state index contributed by atoms with van der Waals surface area (Å²) in [6, 6.07) is 1.63. The predicted octanol–water partition coefficient (Wildman–Crippen LogP) is 0.951. The number of ether oxygens (including phenoxy) is 1. The highest BCUT2D eigenvalue weighted by Crippen LogP contribution is 2.16. The molecule has 2 N–H and O–H groups in total. The van der Waals surface area contributed by atoms with E-state index in [9.17, 15) is 9.59 Å². The van der Waals surface area contributed by atoms with Crippen LogP contribution < -0.4 is 5.56 Å². The van der Waals surface area contributed by atoms with Gasteiger partial charge in [-0.15, -0.1) is 0 Å². The zero-order valence-electron chi connectivity index (χ0n) is 8.38. The molecule has 2 heterocycles. The summed E-state index contributed by atoms with van der Waals surface area (Å²) >= 11 is 0. The summed E-state index contributed by atoms with van der Waals surface area (Å²) < 4.78 is 4.65. The highest BCUT2D eigenvalue weighted by Gasteiger charge is 2.16. The molecular weight excluding hydrogens is 196 g/mol. The molecule has 0 saturated carbocycles. The summed E-state index contributed by atoms with van der Waals surface area (Å²) in [6.07, 6.45) is 1.62. The number of aromatic nitrogens is 2. The Balaban J connectivity index is 2.88. The van der Waals surface area contributed by atoms with E-state index in [1.54, 1.807) is 19.2 Å². The molecule has 2 aromatic heterocycles. The van der Waals surface area contributed by atoms with E-state index in [4.69, 9.17) is 0 Å². The molecule has 5 nitrogen and oxygen atoms in total. The molecule has 0 radical (unpaired) electrons. The third-order valence-electron chi connectivity index (χ3n) is 2.31. The van der Waals surface area contributed by atoms with Crippen LogP contribution >= 0.6 is 0 Å². The fraction of sp³-hybridized carbons (Fsp3) is 0.200. The molecule has 2 rings (SSSR count). The Morgan fingerprint density at radius 1 is 1.47 bits per heavy atom. The number of carbonyl (C=O) groups excluding carboxylic acids is 1. The number of fused-ring (bicyclic) bond motifs is 1. The second kappa shape index (κ2) is 3.27. The van der Waals surface area contributed by atoms with Crippen molar-refractivity contribution in [1.29, 1.82) is 0 Å². The van der Waals surface area contributed by atoms with Crippen LogP contribution in [-0.2, 0) is 4.74 Å². The molecule has 0 amide bonds. The van der Waals surface area contributed by atoms with Gasteiger partial charge in [-0.1, -0.05) is 0 Å². The Kier molecular flexibility index (Phi) is 2.07. The summed E-state index contributed by atoms with van der Waals surface area (Å²) in [6.45, 7) is 1.66. The van der Waals surface area contributed by atoms with E-state index >= 15 is 0 Å². The third kappa shape index (κ3) is 1.32. The van der Waals surface area contributed by atoms with Crippen LogP contribution in [-0.4, -0.2) is 23.0 Å². The monoisotopic (exact) mass is 206 g/mol. The molecule has 0 aromatic carbocycles. The fourth-order valence-electron chi connectivity index (χ4n) is 1.61. The van der Waals surface area contributed by atoms with Crippen molar-refractivity contribution in [3.05, 3.63) is 33.9 Å². The third-order valence-corrected chi connectivity index (χ3v) is 2.31. The average Bonchev–Trinajstić information content (AvgIpc) is 2.66. The van der Waals surface area contributed by atoms with E-state index in [-0.39, 0.29) is 5.56 Å². The van der Waals surface area contributed by atoms with Crippen molar-refractivity contribution < 1.29 is 9.53 Å². The van der Waals surface area contributed by atoms with Crippen molar-refractivity contribution in [2.75, 3.05) is 7.11 Å². The lowest BCUT2D eigenvalue weighted by atomic mass is 10.1. The molecule has 2 aromatic rings. The van der Waals surface area contributed by atoms with Crippen LogP contribution in [0.3, 0.4) is 0 Å². The Morgan fingerprint density at radius 2 is 2.20 bits per heavy atom. The van der Waals surface area contributed by atoms with E-state index < -0.39 is 5.97 Å². The first-order chi connectivity index (χ1) is 7.15. The van der Waals surface area contributed by atoms with Gasteiger partial charge < -0.3 is 14.7 Å². The van der Waals surface area contributed by atoms with Crippen LogP contribution in [0, 0.1) is 6.92 Å². The number of nitrogens with one attached hydrogen (secondary N) is 2. The molecule has 0 atom stereocenters. The molecule has 0 fully saturated rings. The van der Waals surface area contributed by atoms with Gasteiger partial charge in [-0.25, -0.2) is 4.79 Å². The van der Waals surface area contributed by atoms with E-state index in [2.05, 4.69) is 14.7 Å². The molecule has 0 saturated heterocycles. The number of carbonyl (C=O) groups is 1.